The molecule has 0 radical (unpaired) electrons. The number of amides is 2. The molecule has 0 atom stereocenters. The van der Waals surface area contributed by atoms with Gasteiger partial charge in [0.1, 0.15) is 11.6 Å². The summed E-state index contributed by atoms with van der Waals surface area (Å²) in [5.41, 5.74) is -0.00201. The van der Waals surface area contributed by atoms with Crippen LogP contribution in [-0.2, 0) is 9.59 Å². The zero-order valence-corrected chi connectivity index (χ0v) is 14.2. The molecule has 0 aromatic heterocycles. The minimum absolute atomic E-state index is 0.0213. The summed E-state index contributed by atoms with van der Waals surface area (Å²) in [7, 11) is 0. The number of carbonyl (C=O) groups excluding carboxylic acids is 2. The highest BCUT2D eigenvalue weighted by Crippen LogP contribution is 2.16. The average Bonchev–Trinajstić information content (AvgIpc) is 2.46. The number of rotatable bonds is 3. The molecule has 122 valence electrons. The van der Waals surface area contributed by atoms with Crippen LogP contribution in [0.3, 0.4) is 0 Å². The molecule has 0 bridgehead atoms. The van der Waals surface area contributed by atoms with Gasteiger partial charge in [-0.25, -0.2) is 0 Å². The van der Waals surface area contributed by atoms with Crippen molar-refractivity contribution in [3.63, 3.8) is 0 Å². The Labute approximate surface area is 133 Å². The summed E-state index contributed by atoms with van der Waals surface area (Å²) in [4.78, 5) is 29.1. The van der Waals surface area contributed by atoms with E-state index in [0.717, 1.165) is 6.54 Å². The van der Waals surface area contributed by atoms with Crippen molar-refractivity contribution < 1.29 is 9.59 Å². The van der Waals surface area contributed by atoms with E-state index in [1.807, 2.05) is 38.7 Å². The molecular formula is C16H26N4O2. The van der Waals surface area contributed by atoms with Gasteiger partial charge in [-0.1, -0.05) is 0 Å². The fraction of sp³-hybridized carbons (Fsp3) is 0.688. The molecule has 0 aromatic rings. The van der Waals surface area contributed by atoms with Gasteiger partial charge in [0, 0.05) is 51.4 Å². The molecule has 0 aromatic carbocycles. The molecule has 1 aliphatic rings. The van der Waals surface area contributed by atoms with Crippen molar-refractivity contribution in [3.8, 4) is 6.07 Å². The Morgan fingerprint density at radius 3 is 2.05 bits per heavy atom. The average molecular weight is 306 g/mol. The summed E-state index contributed by atoms with van der Waals surface area (Å²) >= 11 is 0. The maximum absolute atomic E-state index is 12.5. The molecule has 0 unspecified atom stereocenters. The van der Waals surface area contributed by atoms with E-state index in [4.69, 9.17) is 0 Å². The third-order valence-corrected chi connectivity index (χ3v) is 3.85. The number of nitrogens with zero attached hydrogens (tertiary/aromatic N) is 4. The quantitative estimate of drug-likeness (QED) is 0.580. The summed E-state index contributed by atoms with van der Waals surface area (Å²) < 4.78 is 0. The highest BCUT2D eigenvalue weighted by Gasteiger charge is 2.26. The van der Waals surface area contributed by atoms with Crippen LogP contribution < -0.4 is 0 Å². The van der Waals surface area contributed by atoms with Gasteiger partial charge in [0.15, 0.2) is 0 Å². The third-order valence-electron chi connectivity index (χ3n) is 3.85. The SMILES string of the molecule is CCN(/C=C(/C#N)C(=O)N1CCN(C(C)=O)CC1)C(C)(C)C. The van der Waals surface area contributed by atoms with Crippen LogP contribution in [0, 0.1) is 11.3 Å². The van der Waals surface area contributed by atoms with E-state index in [1.165, 1.54) is 6.92 Å². The van der Waals surface area contributed by atoms with Crippen LogP contribution in [0.25, 0.3) is 0 Å². The molecule has 0 saturated carbocycles. The Bertz CT molecular complexity index is 491. The van der Waals surface area contributed by atoms with Crippen LogP contribution in [0.5, 0.6) is 0 Å². The second kappa shape index (κ2) is 7.30. The monoisotopic (exact) mass is 306 g/mol. The first kappa shape index (κ1) is 18.0. The maximum Gasteiger partial charge on any atom is 0.266 e. The Morgan fingerprint density at radius 1 is 1.18 bits per heavy atom. The van der Waals surface area contributed by atoms with Crippen molar-refractivity contribution in [1.82, 2.24) is 14.7 Å². The first-order valence-corrected chi connectivity index (χ1v) is 7.64. The second-order valence-corrected chi connectivity index (χ2v) is 6.41. The first-order valence-electron chi connectivity index (χ1n) is 7.64. The van der Waals surface area contributed by atoms with Crippen molar-refractivity contribution in [2.45, 2.75) is 40.2 Å². The van der Waals surface area contributed by atoms with Gasteiger partial charge < -0.3 is 14.7 Å². The van der Waals surface area contributed by atoms with Gasteiger partial charge in [0.2, 0.25) is 5.91 Å². The van der Waals surface area contributed by atoms with Crippen LogP contribution in [0.4, 0.5) is 0 Å². The molecule has 0 spiro atoms. The van der Waals surface area contributed by atoms with Crippen LogP contribution >= 0.6 is 0 Å². The van der Waals surface area contributed by atoms with E-state index in [1.54, 1.807) is 16.0 Å². The van der Waals surface area contributed by atoms with E-state index in [9.17, 15) is 14.9 Å². The standard InChI is InChI=1S/C16H26N4O2/c1-6-20(16(3,4)5)12-14(11-17)15(22)19-9-7-18(8-10-19)13(2)21/h12H,6-10H2,1-5H3/b14-12-. The minimum atomic E-state index is -0.256. The highest BCUT2D eigenvalue weighted by molar-refractivity contribution is 5.97. The van der Waals surface area contributed by atoms with Crippen molar-refractivity contribution in [1.29, 1.82) is 5.26 Å². The summed E-state index contributed by atoms with van der Waals surface area (Å²) in [6, 6.07) is 2.02. The molecule has 6 nitrogen and oxygen atoms in total. The fourth-order valence-electron chi connectivity index (χ4n) is 2.44. The summed E-state index contributed by atoms with van der Waals surface area (Å²) in [5.74, 6) is -0.235. The largest absolute Gasteiger partial charge is 0.372 e. The van der Waals surface area contributed by atoms with Gasteiger partial charge in [0.25, 0.3) is 5.91 Å². The van der Waals surface area contributed by atoms with Gasteiger partial charge in [0.05, 0.1) is 0 Å². The van der Waals surface area contributed by atoms with E-state index in [2.05, 4.69) is 0 Å². The molecule has 22 heavy (non-hydrogen) atoms. The predicted molar refractivity (Wildman–Crippen MR) is 84.7 cm³/mol. The first-order chi connectivity index (χ1) is 10.2. The van der Waals surface area contributed by atoms with Crippen LogP contribution in [-0.4, -0.2) is 64.8 Å². The molecular weight excluding hydrogens is 280 g/mol. The molecule has 6 heteroatoms. The summed E-state index contributed by atoms with van der Waals surface area (Å²) in [5, 5.41) is 9.32. The van der Waals surface area contributed by atoms with Gasteiger partial charge in [-0.3, -0.25) is 9.59 Å². The Balaban J connectivity index is 2.82. The lowest BCUT2D eigenvalue weighted by Crippen LogP contribution is -2.50. The van der Waals surface area contributed by atoms with Crippen LogP contribution in [0.15, 0.2) is 11.8 Å². The zero-order chi connectivity index (χ0) is 16.9. The van der Waals surface area contributed by atoms with E-state index in [0.29, 0.717) is 26.2 Å². The van der Waals surface area contributed by atoms with Crippen molar-refractivity contribution in [3.05, 3.63) is 11.8 Å². The van der Waals surface area contributed by atoms with E-state index in [-0.39, 0.29) is 22.9 Å². The molecule has 1 fully saturated rings. The topological polar surface area (TPSA) is 67.7 Å². The highest BCUT2D eigenvalue weighted by atomic mass is 16.2. The van der Waals surface area contributed by atoms with Crippen LogP contribution in [0.1, 0.15) is 34.6 Å². The van der Waals surface area contributed by atoms with Crippen molar-refractivity contribution in [2.75, 3.05) is 32.7 Å². The number of piperazine rings is 1. The molecule has 0 N–H and O–H groups in total. The molecule has 1 saturated heterocycles. The molecule has 1 aliphatic heterocycles. The molecule has 0 aliphatic carbocycles. The number of hydrogen-bond donors (Lipinski definition) is 0. The Kier molecular flexibility index (Phi) is 5.98. The molecule has 1 rings (SSSR count). The van der Waals surface area contributed by atoms with E-state index < -0.39 is 0 Å². The summed E-state index contributed by atoms with van der Waals surface area (Å²) in [6.45, 7) is 12.4. The Hall–Kier alpha value is -2.03. The number of nitriles is 1. The van der Waals surface area contributed by atoms with Crippen molar-refractivity contribution in [2.24, 2.45) is 0 Å². The minimum Gasteiger partial charge on any atom is -0.372 e. The predicted octanol–water partition coefficient (Wildman–Crippen LogP) is 1.20. The van der Waals surface area contributed by atoms with Gasteiger partial charge in [-0.15, -0.1) is 0 Å². The summed E-state index contributed by atoms with van der Waals surface area (Å²) in [6.07, 6.45) is 1.65. The second-order valence-electron chi connectivity index (χ2n) is 6.41. The normalized spacial score (nSPS) is 16.3. The Morgan fingerprint density at radius 2 is 1.68 bits per heavy atom. The smallest absolute Gasteiger partial charge is 0.266 e. The van der Waals surface area contributed by atoms with Crippen molar-refractivity contribution >= 4 is 11.8 Å². The van der Waals surface area contributed by atoms with Gasteiger partial charge >= 0.3 is 0 Å². The molecule has 2 amide bonds. The lowest BCUT2D eigenvalue weighted by atomic mass is 10.1. The van der Waals surface area contributed by atoms with Gasteiger partial charge in [-0.2, -0.15) is 5.26 Å². The maximum atomic E-state index is 12.5. The fourth-order valence-corrected chi connectivity index (χ4v) is 2.44. The van der Waals surface area contributed by atoms with Crippen LogP contribution in [0.2, 0.25) is 0 Å². The third kappa shape index (κ3) is 4.48. The van der Waals surface area contributed by atoms with Gasteiger partial charge in [-0.05, 0) is 27.7 Å². The number of hydrogen-bond acceptors (Lipinski definition) is 4. The molecule has 1 heterocycles. The number of carbonyl (C=O) groups is 2. The lowest BCUT2D eigenvalue weighted by Gasteiger charge is -2.36. The zero-order valence-electron chi connectivity index (χ0n) is 14.2. The van der Waals surface area contributed by atoms with E-state index >= 15 is 0 Å². The lowest BCUT2D eigenvalue weighted by molar-refractivity contribution is -0.136.